The van der Waals surface area contributed by atoms with Gasteiger partial charge < -0.3 is 0 Å². The number of nitrogens with zero attached hydrogens (tertiary/aromatic N) is 4. The summed E-state index contributed by atoms with van der Waals surface area (Å²) in [6.07, 6.45) is 6.56. The molecular weight excluding hydrogens is 152 g/mol. The molecule has 0 aliphatic heterocycles. The van der Waals surface area contributed by atoms with Gasteiger partial charge in [0.15, 0.2) is 0 Å². The maximum Gasteiger partial charge on any atom is 0.0496 e. The van der Waals surface area contributed by atoms with Crippen LogP contribution >= 0.6 is 0 Å². The highest BCUT2D eigenvalue weighted by atomic mass is 15.1. The summed E-state index contributed by atoms with van der Waals surface area (Å²) < 4.78 is 0. The minimum atomic E-state index is 1.64. The van der Waals surface area contributed by atoms with Crippen LogP contribution in [0.4, 0.5) is 0 Å². The Morgan fingerprint density at radius 2 is 0.667 bits per heavy atom. The fourth-order valence-corrected chi connectivity index (χ4v) is 0.507. The van der Waals surface area contributed by atoms with Crippen molar-refractivity contribution in [1.29, 1.82) is 0 Å². The summed E-state index contributed by atoms with van der Waals surface area (Å²) in [5, 5.41) is 14.1. The SMILES string of the molecule is c1ccnnc1.c1ccnnc1. The zero-order valence-electron chi connectivity index (χ0n) is 6.41. The van der Waals surface area contributed by atoms with Crippen molar-refractivity contribution in [2.45, 2.75) is 0 Å². The molecule has 4 heteroatoms. The molecule has 0 aliphatic rings. The number of aromatic nitrogens is 4. The smallest absolute Gasteiger partial charge is 0.0496 e. The monoisotopic (exact) mass is 160 g/mol. The molecule has 0 aliphatic carbocycles. The van der Waals surface area contributed by atoms with Crippen LogP contribution in [0.1, 0.15) is 0 Å². The molecule has 0 fully saturated rings. The van der Waals surface area contributed by atoms with Gasteiger partial charge in [-0.2, -0.15) is 20.4 Å². The van der Waals surface area contributed by atoms with Crippen molar-refractivity contribution in [3.63, 3.8) is 0 Å². The maximum atomic E-state index is 3.53. The van der Waals surface area contributed by atoms with E-state index in [0.29, 0.717) is 0 Å². The van der Waals surface area contributed by atoms with Crippen LogP contribution in [0.5, 0.6) is 0 Å². The van der Waals surface area contributed by atoms with E-state index in [2.05, 4.69) is 20.4 Å². The topological polar surface area (TPSA) is 51.6 Å². The van der Waals surface area contributed by atoms with Gasteiger partial charge in [-0.1, -0.05) is 0 Å². The lowest BCUT2D eigenvalue weighted by molar-refractivity contribution is 1.03. The molecule has 2 aromatic rings. The van der Waals surface area contributed by atoms with Crippen LogP contribution < -0.4 is 0 Å². The molecule has 0 bridgehead atoms. The van der Waals surface area contributed by atoms with Crippen molar-refractivity contribution in [1.82, 2.24) is 20.4 Å². The van der Waals surface area contributed by atoms with E-state index >= 15 is 0 Å². The Morgan fingerprint density at radius 1 is 0.417 bits per heavy atom. The van der Waals surface area contributed by atoms with Crippen molar-refractivity contribution in [3.8, 4) is 0 Å². The zero-order valence-corrected chi connectivity index (χ0v) is 6.41. The van der Waals surface area contributed by atoms with Crippen LogP contribution in [0.3, 0.4) is 0 Å². The lowest BCUT2D eigenvalue weighted by Gasteiger charge is -1.69. The summed E-state index contributed by atoms with van der Waals surface area (Å²) >= 11 is 0. The Hall–Kier alpha value is -1.84. The van der Waals surface area contributed by atoms with Gasteiger partial charge in [-0.15, -0.1) is 0 Å². The normalized spacial score (nSPS) is 8.00. The molecule has 0 aromatic carbocycles. The minimum absolute atomic E-state index is 1.64. The van der Waals surface area contributed by atoms with Gasteiger partial charge in [0.25, 0.3) is 0 Å². The number of hydrogen-bond donors (Lipinski definition) is 0. The lowest BCUT2D eigenvalue weighted by atomic mass is 10.6. The molecule has 0 atom stereocenters. The van der Waals surface area contributed by atoms with Gasteiger partial charge in [0.05, 0.1) is 0 Å². The summed E-state index contributed by atoms with van der Waals surface area (Å²) in [6, 6.07) is 7.31. The highest BCUT2D eigenvalue weighted by molar-refractivity contribution is 4.80. The third-order valence-corrected chi connectivity index (χ3v) is 0.966. The van der Waals surface area contributed by atoms with Crippen LogP contribution in [0, 0.1) is 0 Å². The first-order valence-electron chi connectivity index (χ1n) is 3.43. The predicted octanol–water partition coefficient (Wildman–Crippen LogP) is 0.953. The van der Waals surface area contributed by atoms with E-state index in [1.165, 1.54) is 0 Å². The van der Waals surface area contributed by atoms with Gasteiger partial charge in [0.2, 0.25) is 0 Å². The Labute approximate surface area is 70.3 Å². The van der Waals surface area contributed by atoms with Crippen LogP contribution in [-0.4, -0.2) is 20.4 Å². The van der Waals surface area contributed by atoms with E-state index in [1.807, 2.05) is 24.3 Å². The Bertz CT molecular complexity index is 186. The molecule has 0 unspecified atom stereocenters. The van der Waals surface area contributed by atoms with E-state index in [0.717, 1.165) is 0 Å². The van der Waals surface area contributed by atoms with Gasteiger partial charge in [-0.3, -0.25) is 0 Å². The summed E-state index contributed by atoms with van der Waals surface area (Å²) in [5.74, 6) is 0. The van der Waals surface area contributed by atoms with E-state index in [-0.39, 0.29) is 0 Å². The minimum Gasteiger partial charge on any atom is -0.159 e. The van der Waals surface area contributed by atoms with Crippen molar-refractivity contribution in [2.24, 2.45) is 0 Å². The molecule has 2 heterocycles. The van der Waals surface area contributed by atoms with Crippen molar-refractivity contribution in [3.05, 3.63) is 49.1 Å². The standard InChI is InChI=1S/2C4H4N2/c2*1-2-4-6-5-3-1/h2*1-4H. The molecule has 12 heavy (non-hydrogen) atoms. The Kier molecular flexibility index (Phi) is 4.07. The van der Waals surface area contributed by atoms with Gasteiger partial charge in [-0.05, 0) is 24.3 Å². The third kappa shape index (κ3) is 4.05. The van der Waals surface area contributed by atoms with Crippen LogP contribution in [0.2, 0.25) is 0 Å². The van der Waals surface area contributed by atoms with Gasteiger partial charge in [0, 0.05) is 24.8 Å². The molecular formula is C8H8N4. The summed E-state index contributed by atoms with van der Waals surface area (Å²) in [7, 11) is 0. The van der Waals surface area contributed by atoms with Crippen LogP contribution in [0.25, 0.3) is 0 Å². The molecule has 0 N–H and O–H groups in total. The number of rotatable bonds is 0. The molecule has 0 saturated heterocycles. The second kappa shape index (κ2) is 5.91. The van der Waals surface area contributed by atoms with Gasteiger partial charge in [-0.25, -0.2) is 0 Å². The van der Waals surface area contributed by atoms with E-state index in [9.17, 15) is 0 Å². The second-order valence-electron chi connectivity index (χ2n) is 1.83. The van der Waals surface area contributed by atoms with E-state index in [4.69, 9.17) is 0 Å². The molecule has 60 valence electrons. The number of hydrogen-bond acceptors (Lipinski definition) is 4. The average Bonchev–Trinajstić information content (AvgIpc) is 2.24. The zero-order chi connectivity index (χ0) is 8.49. The summed E-state index contributed by atoms with van der Waals surface area (Å²) in [5.41, 5.74) is 0. The lowest BCUT2D eigenvalue weighted by Crippen LogP contribution is -1.69. The molecule has 0 radical (unpaired) electrons. The van der Waals surface area contributed by atoms with Crippen LogP contribution in [-0.2, 0) is 0 Å². The fraction of sp³-hybridized carbons (Fsp3) is 0. The van der Waals surface area contributed by atoms with Crippen molar-refractivity contribution < 1.29 is 0 Å². The Balaban J connectivity index is 0.000000120. The first kappa shape index (κ1) is 8.26. The predicted molar refractivity (Wildman–Crippen MR) is 44.1 cm³/mol. The maximum absolute atomic E-state index is 3.53. The summed E-state index contributed by atoms with van der Waals surface area (Å²) in [4.78, 5) is 0. The summed E-state index contributed by atoms with van der Waals surface area (Å²) in [6.45, 7) is 0. The van der Waals surface area contributed by atoms with Gasteiger partial charge >= 0.3 is 0 Å². The highest BCUT2D eigenvalue weighted by Gasteiger charge is 1.60. The molecule has 2 rings (SSSR count). The first-order chi connectivity index (χ1) is 6.00. The molecule has 4 nitrogen and oxygen atoms in total. The molecule has 0 spiro atoms. The second-order valence-corrected chi connectivity index (χ2v) is 1.83. The Morgan fingerprint density at radius 3 is 0.750 bits per heavy atom. The average molecular weight is 160 g/mol. The molecule has 0 saturated carbocycles. The first-order valence-corrected chi connectivity index (χ1v) is 3.43. The van der Waals surface area contributed by atoms with E-state index in [1.54, 1.807) is 24.8 Å². The van der Waals surface area contributed by atoms with Crippen molar-refractivity contribution in [2.75, 3.05) is 0 Å². The largest absolute Gasteiger partial charge is 0.159 e. The molecule has 2 aromatic heterocycles. The van der Waals surface area contributed by atoms with E-state index < -0.39 is 0 Å². The quantitative estimate of drug-likeness (QED) is 0.575. The highest BCUT2D eigenvalue weighted by Crippen LogP contribution is 1.68. The van der Waals surface area contributed by atoms with Crippen LogP contribution in [0.15, 0.2) is 49.1 Å². The molecule has 0 amide bonds. The fourth-order valence-electron chi connectivity index (χ4n) is 0.507. The van der Waals surface area contributed by atoms with Gasteiger partial charge in [0.1, 0.15) is 0 Å². The van der Waals surface area contributed by atoms with Crippen molar-refractivity contribution >= 4 is 0 Å². The third-order valence-electron chi connectivity index (χ3n) is 0.966.